The van der Waals surface area contributed by atoms with E-state index in [9.17, 15) is 0 Å². The summed E-state index contributed by atoms with van der Waals surface area (Å²) in [7, 11) is 5.65. The van der Waals surface area contributed by atoms with Crippen molar-refractivity contribution >= 4 is 98.1 Å². The van der Waals surface area contributed by atoms with Gasteiger partial charge in [-0.15, -0.1) is 0 Å². The number of aryl methyl sites for hydroxylation is 10. The summed E-state index contributed by atoms with van der Waals surface area (Å²) in [6.45, 7) is -3.34. The smallest absolute Gasteiger partial charge is 0.256 e. The second kappa shape index (κ2) is 25.0. The van der Waals surface area contributed by atoms with Gasteiger partial charge in [-0.3, -0.25) is 0 Å². The first-order valence-electron chi connectivity index (χ1n) is 41.8. The maximum atomic E-state index is 9.11. The van der Waals surface area contributed by atoms with Crippen molar-refractivity contribution in [2.24, 2.45) is 21.1 Å². The zero-order valence-electron chi connectivity index (χ0n) is 70.7. The number of benzene rings is 9. The molecule has 0 unspecified atom stereocenters. The topological polar surface area (TPSA) is 51.1 Å². The fourth-order valence-corrected chi connectivity index (χ4v) is 16.1. The van der Waals surface area contributed by atoms with Crippen molar-refractivity contribution < 1.29 is 47.5 Å². The van der Waals surface area contributed by atoms with Gasteiger partial charge in [0.15, 0.2) is 18.6 Å². The van der Waals surface area contributed by atoms with Gasteiger partial charge < -0.3 is 13.3 Å². The van der Waals surface area contributed by atoms with Crippen LogP contribution in [-0.2, 0) is 21.1 Å². The van der Waals surface area contributed by atoms with Gasteiger partial charge in [-0.25, -0.2) is 0 Å². The summed E-state index contributed by atoms with van der Waals surface area (Å²) < 4.78 is 149. The molecule has 0 bridgehead atoms. The van der Waals surface area contributed by atoms with Crippen molar-refractivity contribution in [3.8, 4) is 33.8 Å². The number of hydrogen-bond donors (Lipinski definition) is 0. The largest absolute Gasteiger partial charge is 0.449 e. The molecule has 3 aliphatic rings. The lowest BCUT2D eigenvalue weighted by Crippen LogP contribution is -2.31. The molecule has 0 saturated heterocycles. The standard InChI is InChI=1S/C31H32NO.C30H30NO.C29H28NO/c1-19-10-13-26(20(2)14-19)30-31-29(21(3)18-32(30)4)27-16-25-15-23(22-8-6-5-7-9-22)11-12-24(25)17-28(27)33-31;1-18-9-12-25(19(2)13-18)29-30-28(20(3)17-31(29)4)26-15-24-14-22(21-7-5-6-8-21)10-11-23(24)16-27(26)32-30;1-19-8-6-7-11-24(19)28-29-25(14-15-30(28)2)26-17-23-16-21(20-9-4-3-5-10-20)12-13-22(23)18-27(26)31-29/h10-18,22H,5-9H2,1-4H3;9-17,21H,5-8H2,1-4H3;6-8,11-18,20H,3-5,9-10H2,1-2H3/q3*+1/i1D3,3D3,22D;1D3,3D3,21D;20D. The van der Waals surface area contributed by atoms with Gasteiger partial charge in [-0.2, -0.15) is 13.7 Å². The Morgan fingerprint density at radius 2 is 0.750 bits per heavy atom. The number of aromatic nitrogens is 3. The molecule has 0 atom stereocenters. The molecule has 0 amide bonds. The summed E-state index contributed by atoms with van der Waals surface area (Å²) in [6, 6.07) is 51.8. The minimum absolute atomic E-state index is 0.197. The van der Waals surface area contributed by atoms with E-state index in [0.717, 1.165) is 165 Å². The quantitative estimate of drug-likeness (QED) is 0.156. The minimum Gasteiger partial charge on any atom is -0.449 e. The molecule has 96 heavy (non-hydrogen) atoms. The van der Waals surface area contributed by atoms with Gasteiger partial charge in [0.1, 0.15) is 37.9 Å². The van der Waals surface area contributed by atoms with E-state index in [1.165, 1.54) is 34.7 Å². The van der Waals surface area contributed by atoms with Crippen LogP contribution in [0.2, 0.25) is 0 Å². The highest BCUT2D eigenvalue weighted by molar-refractivity contribution is 6.16. The highest BCUT2D eigenvalue weighted by Crippen LogP contribution is 2.45. The van der Waals surface area contributed by atoms with Crippen molar-refractivity contribution in [3.05, 3.63) is 232 Å². The molecule has 0 N–H and O–H groups in total. The Morgan fingerprint density at radius 1 is 0.344 bits per heavy atom. The van der Waals surface area contributed by atoms with Crippen LogP contribution >= 0.6 is 0 Å². The van der Waals surface area contributed by atoms with Crippen LogP contribution in [0.5, 0.6) is 0 Å². The maximum absolute atomic E-state index is 9.11. The summed E-state index contributed by atoms with van der Waals surface area (Å²) in [5.74, 6) is -1.61. The van der Waals surface area contributed by atoms with Crippen LogP contribution in [0.3, 0.4) is 0 Å². The van der Waals surface area contributed by atoms with E-state index in [-0.39, 0.29) is 22.3 Å². The summed E-state index contributed by atoms with van der Waals surface area (Å²) in [5.41, 5.74) is 15.9. The molecule has 6 heterocycles. The van der Waals surface area contributed by atoms with E-state index in [2.05, 4.69) is 97.5 Å². The van der Waals surface area contributed by atoms with Crippen LogP contribution in [0.15, 0.2) is 190 Å². The Labute approximate surface area is 585 Å². The number of fused-ring (bicyclic) bond motifs is 12. The van der Waals surface area contributed by atoms with Gasteiger partial charge in [0.2, 0.25) is 16.7 Å². The fourth-order valence-electron chi connectivity index (χ4n) is 16.1. The number of rotatable bonds is 6. The molecule has 3 aliphatic carbocycles. The van der Waals surface area contributed by atoms with Crippen LogP contribution in [0.4, 0.5) is 0 Å². The average Bonchev–Trinajstić information content (AvgIpc) is 1.59. The molecule has 6 nitrogen and oxygen atoms in total. The van der Waals surface area contributed by atoms with Gasteiger partial charge in [-0.1, -0.05) is 160 Å². The third-order valence-corrected chi connectivity index (χ3v) is 21.0. The third-order valence-electron chi connectivity index (χ3n) is 21.0. The lowest BCUT2D eigenvalue weighted by Gasteiger charge is -2.22. The molecule has 0 spiro atoms. The normalized spacial score (nSPS) is 18.9. The minimum atomic E-state index is -2.38. The summed E-state index contributed by atoms with van der Waals surface area (Å²) in [4.78, 5) is 0. The van der Waals surface area contributed by atoms with Gasteiger partial charge >= 0.3 is 0 Å². The van der Waals surface area contributed by atoms with Crippen molar-refractivity contribution in [2.45, 2.75) is 156 Å². The predicted molar refractivity (Wildman–Crippen MR) is 400 cm³/mol. The molecule has 3 saturated carbocycles. The molecule has 18 rings (SSSR count). The van der Waals surface area contributed by atoms with Crippen LogP contribution in [0, 0.1) is 48.2 Å². The van der Waals surface area contributed by atoms with E-state index < -0.39 is 45.1 Å². The van der Waals surface area contributed by atoms with E-state index >= 15 is 0 Å². The van der Waals surface area contributed by atoms with Crippen molar-refractivity contribution in [2.75, 3.05) is 0 Å². The molecule has 6 aromatic heterocycles. The van der Waals surface area contributed by atoms with E-state index in [1.54, 1.807) is 72.0 Å². The molecular formula is C90H90N3O3+3. The monoisotopic (exact) mass is 1280 g/mol. The van der Waals surface area contributed by atoms with Crippen LogP contribution in [-0.4, -0.2) is 0 Å². The van der Waals surface area contributed by atoms with Gasteiger partial charge in [0.05, 0.1) is 16.7 Å². The first kappa shape index (κ1) is 46.7. The van der Waals surface area contributed by atoms with Crippen LogP contribution in [0.25, 0.3) is 132 Å². The molecule has 0 radical (unpaired) electrons. The molecule has 15 aromatic rings. The predicted octanol–water partition coefficient (Wildman–Crippen LogP) is 23.6. The Morgan fingerprint density at radius 3 is 1.19 bits per heavy atom. The van der Waals surface area contributed by atoms with Crippen LogP contribution < -0.4 is 13.7 Å². The highest BCUT2D eigenvalue weighted by Gasteiger charge is 2.29. The summed E-state index contributed by atoms with van der Waals surface area (Å²) in [6.07, 6.45) is 19.7. The Hall–Kier alpha value is -9.39. The SMILES string of the molecule is [2H]C([2H])([2H])c1ccc(-c2c3oc4cc5ccc(C6([2H])CCCC6)cc5cc4c3c(C([2H])([2H])[2H])c[n+]2C)c(C)c1.[2H]C([2H])([2H])c1ccc(-c2c3oc4cc5ccc(C6([2H])CCCCC6)cc5cc4c3c(C([2H])([2H])[2H])c[n+]2C)c(C)c1.[2H]C1(c2ccc3cc4oc5c(-c6ccccc6C)[n+](C)ccc5c4cc3c2)CCCCC1. The summed E-state index contributed by atoms with van der Waals surface area (Å²) in [5, 5.41) is 11.0. The first-order valence-corrected chi connectivity index (χ1v) is 34.3. The number of hydrogen-bond acceptors (Lipinski definition) is 3. The lowest BCUT2D eigenvalue weighted by molar-refractivity contribution is -0.659. The lowest BCUT2D eigenvalue weighted by atomic mass is 9.83. The molecule has 6 heteroatoms. The fraction of sp³-hybridized carbons (Fsp3) is 0.300. The molecule has 480 valence electrons. The zero-order valence-corrected chi connectivity index (χ0v) is 55.7. The number of nitrogens with zero attached hydrogens (tertiary/aromatic N) is 3. The molecule has 0 aliphatic heterocycles. The Kier molecular flexibility index (Phi) is 12.2. The number of pyridine rings is 3. The zero-order chi connectivity index (χ0) is 78.4. The van der Waals surface area contributed by atoms with Gasteiger partial charge in [0, 0.05) is 70.1 Å². The van der Waals surface area contributed by atoms with Crippen LogP contribution in [0.1, 0.15) is 184 Å². The maximum Gasteiger partial charge on any atom is 0.256 e. The second-order valence-corrected chi connectivity index (χ2v) is 27.5. The molecule has 9 aromatic carbocycles. The highest BCUT2D eigenvalue weighted by atomic mass is 16.3. The Balaban J connectivity index is 0.000000127. The van der Waals surface area contributed by atoms with Crippen molar-refractivity contribution in [1.82, 2.24) is 0 Å². The van der Waals surface area contributed by atoms with Crippen molar-refractivity contribution in [1.29, 1.82) is 0 Å². The van der Waals surface area contributed by atoms with Gasteiger partial charge in [0.25, 0.3) is 17.1 Å². The van der Waals surface area contributed by atoms with E-state index in [0.29, 0.717) is 55.3 Å². The molecule has 3 fully saturated rings. The Bertz CT molecular complexity index is 6250. The third kappa shape index (κ3) is 11.1. The number of furan rings is 3. The average molecular weight is 1280 g/mol. The van der Waals surface area contributed by atoms with Gasteiger partial charge in [-0.05, 0) is 225 Å². The second-order valence-electron chi connectivity index (χ2n) is 27.5. The molecular weight excluding hydrogens is 1170 g/mol. The summed E-state index contributed by atoms with van der Waals surface area (Å²) >= 11 is 0. The van der Waals surface area contributed by atoms with E-state index in [1.807, 2.05) is 62.4 Å². The first-order chi connectivity index (χ1) is 52.6. The van der Waals surface area contributed by atoms with Crippen molar-refractivity contribution in [3.63, 3.8) is 0 Å². The van der Waals surface area contributed by atoms with E-state index in [4.69, 9.17) is 33.8 Å².